The van der Waals surface area contributed by atoms with E-state index in [1.807, 2.05) is 80.6 Å². The summed E-state index contributed by atoms with van der Waals surface area (Å²) in [5.74, 6) is -0.748. The van der Waals surface area contributed by atoms with Crippen molar-refractivity contribution in [1.82, 2.24) is 0 Å². The minimum atomic E-state index is -1.06. The maximum absolute atomic E-state index is 14.3. The van der Waals surface area contributed by atoms with Crippen molar-refractivity contribution in [3.8, 4) is 5.75 Å². The van der Waals surface area contributed by atoms with Crippen LogP contribution in [0.5, 0.6) is 5.75 Å². The van der Waals surface area contributed by atoms with Crippen molar-refractivity contribution >= 4 is 52.7 Å². The van der Waals surface area contributed by atoms with Crippen molar-refractivity contribution in [1.29, 1.82) is 0 Å². The van der Waals surface area contributed by atoms with Gasteiger partial charge in [-0.15, -0.1) is 0 Å². The Kier molecular flexibility index (Phi) is 19.5. The fraction of sp³-hybridized carbons (Fsp3) is 0.288. The number of allylic oxidation sites excluding steroid dienone is 3. The van der Waals surface area contributed by atoms with Gasteiger partial charge in [-0.1, -0.05) is 116 Å². The zero-order chi connectivity index (χ0) is 47.5. The molecule has 0 bridgehead atoms. The predicted octanol–water partition coefficient (Wildman–Crippen LogP) is 9.64. The van der Waals surface area contributed by atoms with Gasteiger partial charge >= 0.3 is 17.9 Å². The largest absolute Gasteiger partial charge is 0.490 e. The van der Waals surface area contributed by atoms with E-state index in [2.05, 4.69) is 24.6 Å². The van der Waals surface area contributed by atoms with Crippen molar-refractivity contribution < 1.29 is 52.6 Å². The van der Waals surface area contributed by atoms with Gasteiger partial charge in [0.1, 0.15) is 38.3 Å². The standard InChI is InChI=1S/C52H51Cl3O11/c1-5-48(57)62-29-27-60-32-44(56)33-64-45-23-13-36(14-24-45)51(3,4)37-15-25-46(26-16-37)65-35-47(34-61-28-30-63-49(58)6-2)66-50(59)31-52(38-7-17-41(53)18-8-38,39-9-19-42(54)20-10-39)40-11-21-43(55)22-12-40/h5-13,15-23,25-26,44,47,56H,1-2,27-35H2,3-4H3. The van der Waals surface area contributed by atoms with Gasteiger partial charge in [0.15, 0.2) is 11.9 Å². The summed E-state index contributed by atoms with van der Waals surface area (Å²) in [6.07, 6.45) is 3.84. The number of halogens is 3. The topological polar surface area (TPSA) is 136 Å². The van der Waals surface area contributed by atoms with Gasteiger partial charge in [0.05, 0.1) is 38.3 Å². The Morgan fingerprint density at radius 2 is 1.11 bits per heavy atom. The van der Waals surface area contributed by atoms with Crippen LogP contribution in [0.2, 0.25) is 15.1 Å². The molecule has 1 aliphatic rings. The van der Waals surface area contributed by atoms with Gasteiger partial charge in [-0.25, -0.2) is 9.59 Å². The number of ether oxygens (including phenoxy) is 7. The highest BCUT2D eigenvalue weighted by Crippen LogP contribution is 2.44. The lowest BCUT2D eigenvalue weighted by molar-refractivity contribution is -0.155. The Bertz CT molecular complexity index is 2300. The SMILES string of the molecule is C=CC(=O)OCCOCC(O)COC1=C=C=C(C(C)(C)c2ccc(OCC(COCCOC(=O)C=C)OC(=O)CC(c3ccc(Cl)cc3)(c3ccc(Cl)cc3)c3ccc(Cl)cc3)cc2)C=C1. The molecular weight excluding hydrogens is 907 g/mol. The van der Waals surface area contributed by atoms with E-state index in [0.717, 1.165) is 40.0 Å². The van der Waals surface area contributed by atoms with E-state index >= 15 is 0 Å². The highest BCUT2D eigenvalue weighted by molar-refractivity contribution is 6.31. The van der Waals surface area contributed by atoms with E-state index in [1.165, 1.54) is 0 Å². The molecule has 0 saturated heterocycles. The molecule has 0 heterocycles. The molecule has 4 aromatic rings. The highest BCUT2D eigenvalue weighted by atomic mass is 35.5. The predicted molar refractivity (Wildman–Crippen MR) is 253 cm³/mol. The molecule has 11 nitrogen and oxygen atoms in total. The molecule has 2 unspecified atom stereocenters. The zero-order valence-corrected chi connectivity index (χ0v) is 38.9. The molecule has 346 valence electrons. The van der Waals surface area contributed by atoms with Crippen LogP contribution in [0.1, 0.15) is 42.5 Å². The van der Waals surface area contributed by atoms with Gasteiger partial charge in [0, 0.05) is 38.2 Å². The fourth-order valence-electron chi connectivity index (χ4n) is 6.89. The first-order chi connectivity index (χ1) is 31.7. The number of esters is 3. The minimum absolute atomic E-state index is 0.00318. The Balaban J connectivity index is 1.29. The lowest BCUT2D eigenvalue weighted by Crippen LogP contribution is -2.36. The van der Waals surface area contributed by atoms with E-state index in [0.29, 0.717) is 26.6 Å². The Labute approximate surface area is 400 Å². The molecule has 4 aromatic carbocycles. The number of aliphatic hydroxyl groups is 1. The van der Waals surface area contributed by atoms with Crippen LogP contribution >= 0.6 is 34.8 Å². The van der Waals surface area contributed by atoms with Crippen LogP contribution < -0.4 is 4.74 Å². The number of aliphatic hydroxyl groups excluding tert-OH is 1. The van der Waals surface area contributed by atoms with E-state index < -0.39 is 40.9 Å². The molecule has 0 amide bonds. The molecule has 1 N–H and O–H groups in total. The van der Waals surface area contributed by atoms with Crippen molar-refractivity contribution in [2.45, 2.75) is 43.3 Å². The molecule has 5 rings (SSSR count). The van der Waals surface area contributed by atoms with Crippen LogP contribution in [-0.2, 0) is 53.6 Å². The molecule has 0 radical (unpaired) electrons. The lowest BCUT2D eigenvalue weighted by Gasteiger charge is -2.36. The Morgan fingerprint density at radius 1 is 0.621 bits per heavy atom. The van der Waals surface area contributed by atoms with E-state index in [-0.39, 0.29) is 59.3 Å². The molecule has 0 aliphatic heterocycles. The van der Waals surface area contributed by atoms with Crippen molar-refractivity contribution in [2.75, 3.05) is 52.9 Å². The molecule has 0 fully saturated rings. The summed E-state index contributed by atoms with van der Waals surface area (Å²) in [7, 11) is 0. The summed E-state index contributed by atoms with van der Waals surface area (Å²) in [4.78, 5) is 37.1. The molecule has 0 saturated carbocycles. The number of hydrogen-bond acceptors (Lipinski definition) is 11. The first-order valence-electron chi connectivity index (χ1n) is 20.9. The molecule has 1 aliphatic carbocycles. The summed E-state index contributed by atoms with van der Waals surface area (Å²) in [6.45, 7) is 10.9. The first kappa shape index (κ1) is 51.1. The monoisotopic (exact) mass is 956 g/mol. The van der Waals surface area contributed by atoms with Crippen LogP contribution in [-0.4, -0.2) is 88.1 Å². The molecule has 14 heteroatoms. The van der Waals surface area contributed by atoms with Gasteiger partial charge in [0.25, 0.3) is 0 Å². The third-order valence-corrected chi connectivity index (χ3v) is 11.2. The quantitative estimate of drug-likeness (QED) is 0.0161. The number of hydrogen-bond donors (Lipinski definition) is 1. The number of carbonyl (C=O) groups excluding carboxylic acids is 3. The molecule has 0 aromatic heterocycles. The third kappa shape index (κ3) is 14.8. The van der Waals surface area contributed by atoms with Gasteiger partial charge in [-0.05, 0) is 88.7 Å². The molecular formula is C52H51Cl3O11. The second kappa shape index (κ2) is 25.2. The van der Waals surface area contributed by atoms with Crippen LogP contribution in [0.15, 0.2) is 157 Å². The summed E-state index contributed by atoms with van der Waals surface area (Å²) in [5, 5.41) is 11.8. The summed E-state index contributed by atoms with van der Waals surface area (Å²) < 4.78 is 39.1. The maximum Gasteiger partial charge on any atom is 0.330 e. The fourth-order valence-corrected chi connectivity index (χ4v) is 7.27. The van der Waals surface area contributed by atoms with Crippen LogP contribution in [0.3, 0.4) is 0 Å². The average molecular weight is 958 g/mol. The van der Waals surface area contributed by atoms with Gasteiger partial charge < -0.3 is 38.3 Å². The van der Waals surface area contributed by atoms with Crippen LogP contribution in [0, 0.1) is 0 Å². The van der Waals surface area contributed by atoms with E-state index in [4.69, 9.17) is 68.0 Å². The molecule has 66 heavy (non-hydrogen) atoms. The maximum atomic E-state index is 14.3. The molecule has 2 atom stereocenters. The number of rotatable bonds is 26. The summed E-state index contributed by atoms with van der Waals surface area (Å²) >= 11 is 19.0. The summed E-state index contributed by atoms with van der Waals surface area (Å²) in [6, 6.07) is 29.4. The van der Waals surface area contributed by atoms with Crippen molar-refractivity contribution in [3.05, 3.63) is 195 Å². The normalized spacial score (nSPS) is 13.1. The second-order valence-electron chi connectivity index (χ2n) is 15.4. The summed E-state index contributed by atoms with van der Waals surface area (Å²) in [5.41, 5.74) is 8.79. The Hall–Kier alpha value is -5.84. The number of carbonyl (C=O) groups is 3. The van der Waals surface area contributed by atoms with Gasteiger partial charge in [-0.3, -0.25) is 4.79 Å². The minimum Gasteiger partial charge on any atom is -0.490 e. The van der Waals surface area contributed by atoms with E-state index in [1.54, 1.807) is 42.5 Å². The smallest absolute Gasteiger partial charge is 0.330 e. The van der Waals surface area contributed by atoms with Crippen molar-refractivity contribution in [2.24, 2.45) is 0 Å². The van der Waals surface area contributed by atoms with Crippen molar-refractivity contribution in [3.63, 3.8) is 0 Å². The lowest BCUT2D eigenvalue weighted by atomic mass is 9.67. The van der Waals surface area contributed by atoms with E-state index in [9.17, 15) is 19.5 Å². The van der Waals surface area contributed by atoms with Crippen LogP contribution in [0.25, 0.3) is 0 Å². The third-order valence-electron chi connectivity index (χ3n) is 10.4. The Morgan fingerprint density at radius 3 is 1.58 bits per heavy atom. The average Bonchev–Trinajstić information content (AvgIpc) is 3.32. The zero-order valence-electron chi connectivity index (χ0n) is 36.6. The first-order valence-corrected chi connectivity index (χ1v) is 22.1. The number of benzene rings is 4. The molecule has 0 spiro atoms. The second-order valence-corrected chi connectivity index (χ2v) is 16.7. The van der Waals surface area contributed by atoms with Crippen LogP contribution in [0.4, 0.5) is 0 Å². The van der Waals surface area contributed by atoms with Gasteiger partial charge in [-0.2, -0.15) is 0 Å². The highest BCUT2D eigenvalue weighted by Gasteiger charge is 2.40. The van der Waals surface area contributed by atoms with Gasteiger partial charge in [0.2, 0.25) is 0 Å².